The number of rotatable bonds is 2. The van der Waals surface area contributed by atoms with Crippen LogP contribution in [-0.2, 0) is 4.74 Å². The van der Waals surface area contributed by atoms with Crippen molar-refractivity contribution in [3.63, 3.8) is 0 Å². The largest absolute Gasteiger partial charge is 0.486 e. The van der Waals surface area contributed by atoms with E-state index in [1.807, 2.05) is 0 Å². The van der Waals surface area contributed by atoms with Gasteiger partial charge < -0.3 is 9.47 Å². The second kappa shape index (κ2) is 3.99. The first-order valence-electron chi connectivity index (χ1n) is 4.23. The molecule has 0 radical (unpaired) electrons. The lowest BCUT2D eigenvalue weighted by molar-refractivity contribution is -0.0797. The topological polar surface area (TPSA) is 42.2 Å². The normalized spacial score (nSPS) is 15.7. The number of hydrogen-bond acceptors (Lipinski definition) is 3. The van der Waals surface area contributed by atoms with Crippen molar-refractivity contribution in [3.8, 4) is 11.8 Å². The van der Waals surface area contributed by atoms with Crippen LogP contribution >= 0.6 is 15.9 Å². The third-order valence-corrected chi connectivity index (χ3v) is 2.63. The summed E-state index contributed by atoms with van der Waals surface area (Å²) in [7, 11) is 0. The van der Waals surface area contributed by atoms with Crippen molar-refractivity contribution in [2.75, 3.05) is 13.2 Å². The minimum atomic E-state index is 0.162. The van der Waals surface area contributed by atoms with Crippen molar-refractivity contribution in [2.45, 2.75) is 6.10 Å². The van der Waals surface area contributed by atoms with E-state index >= 15 is 0 Å². The van der Waals surface area contributed by atoms with Gasteiger partial charge in [0.15, 0.2) is 0 Å². The Morgan fingerprint density at radius 3 is 2.79 bits per heavy atom. The second-order valence-electron chi connectivity index (χ2n) is 3.03. The van der Waals surface area contributed by atoms with Crippen LogP contribution < -0.4 is 4.74 Å². The lowest BCUT2D eigenvalue weighted by Gasteiger charge is -2.26. The quantitative estimate of drug-likeness (QED) is 0.811. The van der Waals surface area contributed by atoms with Crippen molar-refractivity contribution in [3.05, 3.63) is 28.2 Å². The molecule has 0 bridgehead atoms. The van der Waals surface area contributed by atoms with Gasteiger partial charge in [-0.25, -0.2) is 0 Å². The first kappa shape index (κ1) is 9.50. The average molecular weight is 254 g/mol. The molecule has 1 heterocycles. The predicted octanol–water partition coefficient (Wildman–Crippen LogP) is 2.10. The van der Waals surface area contributed by atoms with E-state index < -0.39 is 0 Å². The molecule has 0 spiro atoms. The van der Waals surface area contributed by atoms with Crippen molar-refractivity contribution in [1.82, 2.24) is 0 Å². The highest BCUT2D eigenvalue weighted by Crippen LogP contribution is 2.24. The molecule has 0 N–H and O–H groups in total. The Labute approximate surface area is 90.4 Å². The molecule has 1 saturated heterocycles. The standard InChI is InChI=1S/C10H8BrNO2/c11-10-3-8(2-1-7(10)4-12)14-9-5-13-6-9/h1-3,9H,5-6H2. The summed E-state index contributed by atoms with van der Waals surface area (Å²) in [5.41, 5.74) is 0.613. The minimum Gasteiger partial charge on any atom is -0.486 e. The van der Waals surface area contributed by atoms with Crippen LogP contribution in [0.4, 0.5) is 0 Å². The molecule has 1 aliphatic rings. The van der Waals surface area contributed by atoms with Crippen molar-refractivity contribution in [1.29, 1.82) is 5.26 Å². The molecule has 1 aromatic rings. The number of benzene rings is 1. The maximum Gasteiger partial charge on any atom is 0.145 e. The van der Waals surface area contributed by atoms with Gasteiger partial charge in [0, 0.05) is 4.47 Å². The van der Waals surface area contributed by atoms with E-state index in [1.54, 1.807) is 18.2 Å². The van der Waals surface area contributed by atoms with E-state index in [0.717, 1.165) is 10.2 Å². The highest BCUT2D eigenvalue weighted by Gasteiger charge is 2.20. The van der Waals surface area contributed by atoms with Gasteiger partial charge in [0.05, 0.1) is 18.8 Å². The van der Waals surface area contributed by atoms with E-state index in [-0.39, 0.29) is 6.10 Å². The Morgan fingerprint density at radius 1 is 1.50 bits per heavy atom. The van der Waals surface area contributed by atoms with Crippen molar-refractivity contribution < 1.29 is 9.47 Å². The third-order valence-electron chi connectivity index (χ3n) is 1.97. The van der Waals surface area contributed by atoms with Gasteiger partial charge in [0.1, 0.15) is 17.9 Å². The number of nitriles is 1. The SMILES string of the molecule is N#Cc1ccc(OC2COC2)cc1Br. The van der Waals surface area contributed by atoms with Crippen molar-refractivity contribution in [2.24, 2.45) is 0 Å². The molecule has 2 rings (SSSR count). The molecule has 0 aromatic heterocycles. The molecule has 0 atom stereocenters. The molecule has 0 saturated carbocycles. The first-order chi connectivity index (χ1) is 6.79. The molecule has 0 amide bonds. The van der Waals surface area contributed by atoms with Crippen LogP contribution in [0.5, 0.6) is 5.75 Å². The summed E-state index contributed by atoms with van der Waals surface area (Å²) >= 11 is 3.30. The Morgan fingerprint density at radius 2 is 2.29 bits per heavy atom. The Hall–Kier alpha value is -1.05. The second-order valence-corrected chi connectivity index (χ2v) is 3.89. The highest BCUT2D eigenvalue weighted by molar-refractivity contribution is 9.10. The molecule has 1 aromatic carbocycles. The van der Waals surface area contributed by atoms with Crippen LogP contribution in [0, 0.1) is 11.3 Å². The number of nitrogens with zero attached hydrogens (tertiary/aromatic N) is 1. The van der Waals surface area contributed by atoms with Crippen molar-refractivity contribution >= 4 is 15.9 Å². The van der Waals surface area contributed by atoms with E-state index in [4.69, 9.17) is 14.7 Å². The summed E-state index contributed by atoms with van der Waals surface area (Å²) in [4.78, 5) is 0. The number of ether oxygens (including phenoxy) is 2. The summed E-state index contributed by atoms with van der Waals surface area (Å²) in [6.07, 6.45) is 0.162. The summed E-state index contributed by atoms with van der Waals surface area (Å²) in [6.45, 7) is 1.30. The molecule has 1 fully saturated rings. The van der Waals surface area contributed by atoms with E-state index in [1.165, 1.54) is 0 Å². The average Bonchev–Trinajstić information content (AvgIpc) is 2.12. The van der Waals surface area contributed by atoms with Gasteiger partial charge in [-0.15, -0.1) is 0 Å². The van der Waals surface area contributed by atoms with Crippen LogP contribution in [0.25, 0.3) is 0 Å². The van der Waals surface area contributed by atoms with Gasteiger partial charge in [-0.05, 0) is 34.1 Å². The Balaban J connectivity index is 2.12. The zero-order valence-electron chi connectivity index (χ0n) is 7.37. The van der Waals surface area contributed by atoms with Gasteiger partial charge in [0.25, 0.3) is 0 Å². The number of hydrogen-bond donors (Lipinski definition) is 0. The van der Waals surface area contributed by atoms with Crippen LogP contribution in [0.15, 0.2) is 22.7 Å². The van der Waals surface area contributed by atoms with Gasteiger partial charge >= 0.3 is 0 Å². The van der Waals surface area contributed by atoms with E-state index in [0.29, 0.717) is 18.8 Å². The summed E-state index contributed by atoms with van der Waals surface area (Å²) < 4.78 is 11.3. The predicted molar refractivity (Wildman–Crippen MR) is 54.1 cm³/mol. The minimum absolute atomic E-state index is 0.162. The molecule has 0 unspecified atom stereocenters. The zero-order valence-corrected chi connectivity index (χ0v) is 8.95. The molecule has 3 nitrogen and oxygen atoms in total. The van der Waals surface area contributed by atoms with E-state index in [2.05, 4.69) is 22.0 Å². The fourth-order valence-corrected chi connectivity index (χ4v) is 1.58. The molecular formula is C10H8BrNO2. The van der Waals surface area contributed by atoms with Crippen LogP contribution in [0.2, 0.25) is 0 Å². The van der Waals surface area contributed by atoms with Gasteiger partial charge in [-0.3, -0.25) is 0 Å². The molecule has 0 aliphatic carbocycles. The van der Waals surface area contributed by atoms with Crippen LogP contribution in [0.3, 0.4) is 0 Å². The molecule has 72 valence electrons. The fourth-order valence-electron chi connectivity index (χ4n) is 1.13. The summed E-state index contributed by atoms with van der Waals surface area (Å²) in [5.74, 6) is 0.768. The fraction of sp³-hybridized carbons (Fsp3) is 0.300. The highest BCUT2D eigenvalue weighted by atomic mass is 79.9. The maximum absolute atomic E-state index is 8.71. The van der Waals surface area contributed by atoms with Gasteiger partial charge in [0.2, 0.25) is 0 Å². The molecular weight excluding hydrogens is 246 g/mol. The lowest BCUT2D eigenvalue weighted by Crippen LogP contribution is -2.38. The van der Waals surface area contributed by atoms with Gasteiger partial charge in [-0.2, -0.15) is 5.26 Å². The summed E-state index contributed by atoms with van der Waals surface area (Å²) in [6, 6.07) is 7.41. The smallest absolute Gasteiger partial charge is 0.145 e. The first-order valence-corrected chi connectivity index (χ1v) is 5.03. The summed E-state index contributed by atoms with van der Waals surface area (Å²) in [5, 5.41) is 8.71. The van der Waals surface area contributed by atoms with Gasteiger partial charge in [-0.1, -0.05) is 0 Å². The monoisotopic (exact) mass is 253 g/mol. The lowest BCUT2D eigenvalue weighted by atomic mass is 10.2. The van der Waals surface area contributed by atoms with E-state index in [9.17, 15) is 0 Å². The molecule has 14 heavy (non-hydrogen) atoms. The van der Waals surface area contributed by atoms with Crippen LogP contribution in [-0.4, -0.2) is 19.3 Å². The van der Waals surface area contributed by atoms with Crippen LogP contribution in [0.1, 0.15) is 5.56 Å². The number of halogens is 1. The maximum atomic E-state index is 8.71. The Kier molecular flexibility index (Phi) is 2.71. The molecule has 1 aliphatic heterocycles. The third kappa shape index (κ3) is 1.89. The zero-order chi connectivity index (χ0) is 9.97. The Bertz CT molecular complexity index is 382. The molecule has 4 heteroatoms.